The Hall–Kier alpha value is -2.65. The van der Waals surface area contributed by atoms with Crippen LogP contribution < -0.4 is 5.73 Å². The van der Waals surface area contributed by atoms with Crippen molar-refractivity contribution in [3.8, 4) is 11.8 Å². The minimum Gasteiger partial charge on any atom is -0.508 e. The Morgan fingerprint density at radius 1 is 1.57 bits per heavy atom. The normalized spacial score (nSPS) is 17.6. The number of benzene rings is 1. The number of carbonyl (C=O) groups excluding carboxylic acids is 1. The summed E-state index contributed by atoms with van der Waals surface area (Å²) in [4.78, 5) is 12.3. The van der Waals surface area contributed by atoms with E-state index in [-0.39, 0.29) is 40.2 Å². The number of rotatable bonds is 3. The Balaban J connectivity index is 2.66. The Labute approximate surface area is 138 Å². The van der Waals surface area contributed by atoms with Crippen molar-refractivity contribution in [2.45, 2.75) is 19.8 Å². The smallest absolute Gasteiger partial charge is 0.338 e. The van der Waals surface area contributed by atoms with Crippen molar-refractivity contribution in [1.29, 1.82) is 5.26 Å². The molecule has 3 N–H and O–H groups in total. The number of esters is 1. The fraction of sp³-hybridized carbons (Fsp3) is 0.250. The minimum atomic E-state index is -0.819. The molecule has 1 atom stereocenters. The van der Waals surface area contributed by atoms with E-state index in [9.17, 15) is 15.2 Å². The zero-order valence-corrected chi connectivity index (χ0v) is 13.3. The van der Waals surface area contributed by atoms with E-state index in [0.717, 1.165) is 0 Å². The molecule has 7 heteroatoms. The molecule has 1 aliphatic rings. The number of nitrogens with zero attached hydrogens (tertiary/aromatic N) is 1. The van der Waals surface area contributed by atoms with Crippen molar-refractivity contribution in [2.75, 3.05) is 6.61 Å². The SMILES string of the molecule is CCOC(=O)C1=C(C)OC(N)=C(C#N)C1c1ccc(O)cc1Cl. The largest absolute Gasteiger partial charge is 0.508 e. The summed E-state index contributed by atoms with van der Waals surface area (Å²) in [7, 11) is 0. The molecule has 0 bridgehead atoms. The van der Waals surface area contributed by atoms with E-state index in [1.54, 1.807) is 13.8 Å². The Morgan fingerprint density at radius 3 is 2.83 bits per heavy atom. The molecule has 0 fully saturated rings. The molecule has 6 nitrogen and oxygen atoms in total. The van der Waals surface area contributed by atoms with Crippen molar-refractivity contribution in [2.24, 2.45) is 5.73 Å². The summed E-state index contributed by atoms with van der Waals surface area (Å²) >= 11 is 6.18. The topological polar surface area (TPSA) is 106 Å². The zero-order chi connectivity index (χ0) is 17.1. The number of hydrogen-bond acceptors (Lipinski definition) is 6. The number of nitriles is 1. The van der Waals surface area contributed by atoms with Gasteiger partial charge < -0.3 is 20.3 Å². The van der Waals surface area contributed by atoms with Crippen LogP contribution in [0.5, 0.6) is 5.75 Å². The van der Waals surface area contributed by atoms with Crippen molar-refractivity contribution >= 4 is 17.6 Å². The highest BCUT2D eigenvalue weighted by atomic mass is 35.5. The van der Waals surface area contributed by atoms with Gasteiger partial charge in [0, 0.05) is 5.02 Å². The fourth-order valence-electron chi connectivity index (χ4n) is 2.42. The summed E-state index contributed by atoms with van der Waals surface area (Å²) in [5.41, 5.74) is 6.45. The van der Waals surface area contributed by atoms with E-state index >= 15 is 0 Å². The number of hydrogen-bond donors (Lipinski definition) is 2. The van der Waals surface area contributed by atoms with Gasteiger partial charge >= 0.3 is 5.97 Å². The molecule has 1 unspecified atom stereocenters. The van der Waals surface area contributed by atoms with Crippen LogP contribution in [0, 0.1) is 11.3 Å². The van der Waals surface area contributed by atoms with Gasteiger partial charge in [-0.2, -0.15) is 5.26 Å². The molecule has 0 amide bonds. The van der Waals surface area contributed by atoms with Crippen LogP contribution in [0.15, 0.2) is 41.0 Å². The van der Waals surface area contributed by atoms with Crippen molar-refractivity contribution < 1.29 is 19.4 Å². The molecule has 1 aromatic carbocycles. The van der Waals surface area contributed by atoms with Crippen molar-refractivity contribution in [3.63, 3.8) is 0 Å². The molecule has 23 heavy (non-hydrogen) atoms. The number of phenols is 1. The van der Waals surface area contributed by atoms with Crippen LogP contribution in [0.4, 0.5) is 0 Å². The third kappa shape index (κ3) is 3.10. The second kappa shape index (κ2) is 6.63. The Bertz CT molecular complexity index is 762. The standard InChI is InChI=1S/C16H15ClN2O4/c1-3-22-16(21)13-8(2)23-15(19)11(7-18)14(13)10-5-4-9(20)6-12(10)17/h4-6,14,20H,3,19H2,1-2H3. The number of nitrogens with two attached hydrogens (primary N) is 1. The molecule has 1 heterocycles. The average molecular weight is 335 g/mol. The first kappa shape index (κ1) is 16.7. The Morgan fingerprint density at radius 2 is 2.26 bits per heavy atom. The molecule has 2 rings (SSSR count). The van der Waals surface area contributed by atoms with Crippen LogP contribution in [0.1, 0.15) is 25.3 Å². The first-order chi connectivity index (χ1) is 10.9. The summed E-state index contributed by atoms with van der Waals surface area (Å²) in [6.45, 7) is 3.41. The quantitative estimate of drug-likeness (QED) is 0.823. The third-order valence-electron chi connectivity index (χ3n) is 3.40. The van der Waals surface area contributed by atoms with Crippen molar-refractivity contribution in [1.82, 2.24) is 0 Å². The zero-order valence-electron chi connectivity index (χ0n) is 12.6. The summed E-state index contributed by atoms with van der Waals surface area (Å²) in [6, 6.07) is 6.24. The van der Waals surface area contributed by atoms with Crippen LogP contribution >= 0.6 is 11.6 Å². The molecular weight excluding hydrogens is 320 g/mol. The van der Waals surface area contributed by atoms with E-state index in [2.05, 4.69) is 0 Å². The first-order valence-electron chi connectivity index (χ1n) is 6.84. The highest BCUT2D eigenvalue weighted by Crippen LogP contribution is 2.42. The molecule has 0 aromatic heterocycles. The van der Waals surface area contributed by atoms with E-state index in [0.29, 0.717) is 5.56 Å². The molecule has 0 saturated heterocycles. The first-order valence-corrected chi connectivity index (χ1v) is 7.22. The van der Waals surface area contributed by atoms with Gasteiger partial charge in [0.2, 0.25) is 5.88 Å². The second-order valence-corrected chi connectivity index (χ2v) is 5.23. The minimum absolute atomic E-state index is 0.0281. The molecule has 1 aromatic rings. The molecule has 120 valence electrons. The van der Waals surface area contributed by atoms with Crippen LogP contribution in [0.3, 0.4) is 0 Å². The molecule has 1 aliphatic heterocycles. The summed E-state index contributed by atoms with van der Waals surface area (Å²) in [5, 5.41) is 19.1. The maximum atomic E-state index is 12.3. The summed E-state index contributed by atoms with van der Waals surface area (Å²) < 4.78 is 10.4. The van der Waals surface area contributed by atoms with Gasteiger partial charge in [0.05, 0.1) is 18.1 Å². The van der Waals surface area contributed by atoms with E-state index in [1.165, 1.54) is 18.2 Å². The lowest BCUT2D eigenvalue weighted by Gasteiger charge is -2.27. The monoisotopic (exact) mass is 334 g/mol. The predicted octanol–water partition coefficient (Wildman–Crippen LogP) is 2.69. The third-order valence-corrected chi connectivity index (χ3v) is 3.72. The van der Waals surface area contributed by atoms with Gasteiger partial charge in [-0.05, 0) is 31.5 Å². The van der Waals surface area contributed by atoms with Gasteiger partial charge in [-0.25, -0.2) is 4.79 Å². The molecule has 0 aliphatic carbocycles. The second-order valence-electron chi connectivity index (χ2n) is 4.82. The maximum Gasteiger partial charge on any atom is 0.338 e. The molecule has 0 radical (unpaired) electrons. The highest BCUT2D eigenvalue weighted by molar-refractivity contribution is 6.31. The fourth-order valence-corrected chi connectivity index (χ4v) is 2.70. The number of carbonyl (C=O) groups is 1. The van der Waals surface area contributed by atoms with Crippen LogP contribution in [0.25, 0.3) is 0 Å². The van der Waals surface area contributed by atoms with E-state index in [1.807, 2.05) is 6.07 Å². The molecule has 0 saturated carbocycles. The lowest BCUT2D eigenvalue weighted by atomic mass is 9.83. The molecular formula is C16H15ClN2O4. The highest BCUT2D eigenvalue weighted by Gasteiger charge is 2.37. The van der Waals surface area contributed by atoms with Gasteiger partial charge in [-0.15, -0.1) is 0 Å². The molecule has 0 spiro atoms. The maximum absolute atomic E-state index is 12.3. The number of phenolic OH excluding ortho intramolecular Hbond substituents is 1. The van der Waals surface area contributed by atoms with Crippen molar-refractivity contribution in [3.05, 3.63) is 51.6 Å². The summed E-state index contributed by atoms with van der Waals surface area (Å²) in [5.74, 6) is -1.30. The van der Waals surface area contributed by atoms with Crippen LogP contribution in [0.2, 0.25) is 5.02 Å². The number of aromatic hydroxyl groups is 1. The van der Waals surface area contributed by atoms with Gasteiger partial charge in [0.15, 0.2) is 0 Å². The van der Waals surface area contributed by atoms with Gasteiger partial charge in [-0.3, -0.25) is 0 Å². The number of ether oxygens (including phenoxy) is 2. The predicted molar refractivity (Wildman–Crippen MR) is 83.1 cm³/mol. The van der Waals surface area contributed by atoms with Crippen LogP contribution in [-0.4, -0.2) is 17.7 Å². The van der Waals surface area contributed by atoms with E-state index in [4.69, 9.17) is 26.8 Å². The van der Waals surface area contributed by atoms with Gasteiger partial charge in [-0.1, -0.05) is 17.7 Å². The number of halogens is 1. The van der Waals surface area contributed by atoms with E-state index < -0.39 is 11.9 Å². The van der Waals surface area contributed by atoms with Gasteiger partial charge in [0.1, 0.15) is 23.2 Å². The lowest BCUT2D eigenvalue weighted by Crippen LogP contribution is -2.25. The lowest BCUT2D eigenvalue weighted by molar-refractivity contribution is -0.139. The number of allylic oxidation sites excluding steroid dienone is 2. The average Bonchev–Trinajstić information content (AvgIpc) is 2.46. The Kier molecular flexibility index (Phi) is 4.82. The summed E-state index contributed by atoms with van der Waals surface area (Å²) in [6.07, 6.45) is 0. The van der Waals surface area contributed by atoms with Crippen LogP contribution in [-0.2, 0) is 14.3 Å². The van der Waals surface area contributed by atoms with Gasteiger partial charge in [0.25, 0.3) is 0 Å².